The number of aliphatic hydroxyl groups is 1. The molecule has 0 spiro atoms. The van der Waals surface area contributed by atoms with E-state index >= 15 is 0 Å². The molecule has 0 radical (unpaired) electrons. The third-order valence-electron chi connectivity index (χ3n) is 2.94. The molecule has 1 aliphatic rings. The summed E-state index contributed by atoms with van der Waals surface area (Å²) >= 11 is 6.09. The maximum absolute atomic E-state index is 9.62. The van der Waals surface area contributed by atoms with Crippen molar-refractivity contribution in [1.29, 1.82) is 0 Å². The normalized spacial score (nSPS) is 21.2. The quantitative estimate of drug-likeness (QED) is 0.813. The van der Waals surface area contributed by atoms with Crippen LogP contribution in [0, 0.1) is 13.8 Å². The molecule has 0 bridgehead atoms. The summed E-state index contributed by atoms with van der Waals surface area (Å²) in [6, 6.07) is 0. The van der Waals surface area contributed by atoms with E-state index in [1.807, 2.05) is 18.7 Å². The number of aryl methyl sites for hydroxylation is 2. The van der Waals surface area contributed by atoms with Crippen LogP contribution in [0.25, 0.3) is 0 Å². The van der Waals surface area contributed by atoms with E-state index in [0.717, 1.165) is 30.8 Å². The van der Waals surface area contributed by atoms with Crippen molar-refractivity contribution in [2.24, 2.45) is 0 Å². The Hall–Kier alpha value is -0.870. The summed E-state index contributed by atoms with van der Waals surface area (Å²) in [5.41, 5.74) is 1.74. The van der Waals surface area contributed by atoms with Crippen molar-refractivity contribution in [3.8, 4) is 0 Å². The van der Waals surface area contributed by atoms with Crippen molar-refractivity contribution in [2.75, 3.05) is 18.0 Å². The molecule has 1 saturated heterocycles. The second kappa shape index (κ2) is 4.55. The highest BCUT2D eigenvalue weighted by atomic mass is 35.5. The van der Waals surface area contributed by atoms with E-state index in [1.54, 1.807) is 0 Å². The van der Waals surface area contributed by atoms with Crippen LogP contribution in [0.5, 0.6) is 0 Å². The average molecular weight is 242 g/mol. The topological polar surface area (TPSA) is 49.2 Å². The van der Waals surface area contributed by atoms with Crippen molar-refractivity contribution in [1.82, 2.24) is 9.97 Å². The summed E-state index contributed by atoms with van der Waals surface area (Å²) in [7, 11) is 0. The van der Waals surface area contributed by atoms with Crippen LogP contribution >= 0.6 is 11.6 Å². The highest BCUT2D eigenvalue weighted by molar-refractivity contribution is 6.31. The molecule has 2 rings (SSSR count). The number of β-amino-alcohol motifs (C(OH)–C–C–N with tert-alkyl or cyclic N) is 1. The number of hydrogen-bond acceptors (Lipinski definition) is 4. The fourth-order valence-corrected chi connectivity index (χ4v) is 2.20. The largest absolute Gasteiger partial charge is 0.391 e. The Morgan fingerprint density at radius 1 is 1.31 bits per heavy atom. The van der Waals surface area contributed by atoms with Gasteiger partial charge in [-0.15, -0.1) is 0 Å². The standard InChI is InChI=1S/C11H16ClN3O/c1-7-8(2)14-11(10(12)13-7)15-5-3-4-9(16)6-15/h9,16H,3-6H2,1-2H3. The first-order valence-corrected chi connectivity index (χ1v) is 5.89. The van der Waals surface area contributed by atoms with Gasteiger partial charge in [0.1, 0.15) is 0 Å². The van der Waals surface area contributed by atoms with Crippen LogP contribution in [0.1, 0.15) is 24.2 Å². The lowest BCUT2D eigenvalue weighted by Gasteiger charge is -2.31. The van der Waals surface area contributed by atoms with Gasteiger partial charge in [0.2, 0.25) is 0 Å². The van der Waals surface area contributed by atoms with Crippen LogP contribution in [-0.4, -0.2) is 34.3 Å². The first-order valence-electron chi connectivity index (χ1n) is 5.51. The van der Waals surface area contributed by atoms with Crippen molar-refractivity contribution >= 4 is 17.4 Å². The zero-order chi connectivity index (χ0) is 11.7. The molecule has 88 valence electrons. The third-order valence-corrected chi connectivity index (χ3v) is 3.20. The Labute approximate surface area is 100 Å². The molecule has 0 saturated carbocycles. The van der Waals surface area contributed by atoms with Crippen molar-refractivity contribution < 1.29 is 5.11 Å². The average Bonchev–Trinajstić information content (AvgIpc) is 2.23. The van der Waals surface area contributed by atoms with Crippen molar-refractivity contribution in [2.45, 2.75) is 32.8 Å². The highest BCUT2D eigenvalue weighted by Gasteiger charge is 2.21. The Balaban J connectivity index is 2.29. The Morgan fingerprint density at radius 2 is 2.00 bits per heavy atom. The molecule has 1 fully saturated rings. The number of anilines is 1. The maximum Gasteiger partial charge on any atom is 0.171 e. The van der Waals surface area contributed by atoms with E-state index in [1.165, 1.54) is 0 Å². The van der Waals surface area contributed by atoms with Crippen molar-refractivity contribution in [3.05, 3.63) is 16.5 Å². The highest BCUT2D eigenvalue weighted by Crippen LogP contribution is 2.25. The summed E-state index contributed by atoms with van der Waals surface area (Å²) in [4.78, 5) is 10.7. The van der Waals surface area contributed by atoms with Gasteiger partial charge < -0.3 is 10.0 Å². The Bertz CT molecular complexity index is 397. The van der Waals surface area contributed by atoms with Crippen LogP contribution < -0.4 is 4.90 Å². The molecule has 0 aliphatic carbocycles. The predicted molar refractivity (Wildman–Crippen MR) is 64.0 cm³/mol. The number of hydrogen-bond donors (Lipinski definition) is 1. The Morgan fingerprint density at radius 3 is 2.69 bits per heavy atom. The summed E-state index contributed by atoms with van der Waals surface area (Å²) in [5.74, 6) is 0.698. The van der Waals surface area contributed by atoms with Gasteiger partial charge in [-0.2, -0.15) is 0 Å². The summed E-state index contributed by atoms with van der Waals surface area (Å²) in [6.07, 6.45) is 1.53. The van der Waals surface area contributed by atoms with Crippen LogP contribution in [0.3, 0.4) is 0 Å². The minimum absolute atomic E-state index is 0.284. The zero-order valence-electron chi connectivity index (χ0n) is 9.57. The number of halogens is 1. The maximum atomic E-state index is 9.62. The SMILES string of the molecule is Cc1nc(Cl)c(N2CCCC(O)C2)nc1C. The molecule has 1 atom stereocenters. The predicted octanol–water partition coefficient (Wildman–Crippen LogP) is 1.71. The first-order chi connectivity index (χ1) is 7.58. The van der Waals surface area contributed by atoms with Gasteiger partial charge in [-0.25, -0.2) is 9.97 Å². The van der Waals surface area contributed by atoms with E-state index in [-0.39, 0.29) is 6.10 Å². The fraction of sp³-hybridized carbons (Fsp3) is 0.636. The first kappa shape index (κ1) is 11.6. The molecule has 1 aromatic rings. The summed E-state index contributed by atoms with van der Waals surface area (Å²) < 4.78 is 0. The number of rotatable bonds is 1. The van der Waals surface area contributed by atoms with Gasteiger partial charge in [0.05, 0.1) is 17.5 Å². The molecule has 2 heterocycles. The number of piperidine rings is 1. The molecule has 4 nitrogen and oxygen atoms in total. The molecule has 0 amide bonds. The van der Waals surface area contributed by atoms with Crippen LogP contribution in [0.15, 0.2) is 0 Å². The second-order valence-corrected chi connectivity index (χ2v) is 4.61. The van der Waals surface area contributed by atoms with E-state index in [2.05, 4.69) is 9.97 Å². The monoisotopic (exact) mass is 241 g/mol. The van der Waals surface area contributed by atoms with Gasteiger partial charge in [-0.05, 0) is 26.7 Å². The number of aromatic nitrogens is 2. The molecule has 16 heavy (non-hydrogen) atoms. The van der Waals surface area contributed by atoms with E-state index in [0.29, 0.717) is 17.5 Å². The van der Waals surface area contributed by atoms with E-state index in [9.17, 15) is 5.11 Å². The van der Waals surface area contributed by atoms with Gasteiger partial charge in [0.25, 0.3) is 0 Å². The summed E-state index contributed by atoms with van der Waals surface area (Å²) in [6.45, 7) is 5.29. The smallest absolute Gasteiger partial charge is 0.171 e. The second-order valence-electron chi connectivity index (χ2n) is 4.25. The fourth-order valence-electron chi connectivity index (χ4n) is 1.91. The van der Waals surface area contributed by atoms with Gasteiger partial charge in [-0.3, -0.25) is 0 Å². The van der Waals surface area contributed by atoms with Crippen LogP contribution in [0.2, 0.25) is 5.15 Å². The zero-order valence-corrected chi connectivity index (χ0v) is 10.3. The summed E-state index contributed by atoms with van der Waals surface area (Å²) in [5, 5.41) is 10.1. The molecular weight excluding hydrogens is 226 g/mol. The molecule has 1 aliphatic heterocycles. The van der Waals surface area contributed by atoms with Gasteiger partial charge in [0, 0.05) is 13.1 Å². The number of aliphatic hydroxyl groups excluding tert-OH is 1. The molecular formula is C11H16ClN3O. The minimum atomic E-state index is -0.284. The lowest BCUT2D eigenvalue weighted by Crippen LogP contribution is -2.39. The molecule has 5 heteroatoms. The van der Waals surface area contributed by atoms with Crippen molar-refractivity contribution in [3.63, 3.8) is 0 Å². The van der Waals surface area contributed by atoms with Gasteiger partial charge in [0.15, 0.2) is 11.0 Å². The number of nitrogens with zero attached hydrogens (tertiary/aromatic N) is 3. The molecule has 0 aromatic carbocycles. The van der Waals surface area contributed by atoms with Gasteiger partial charge >= 0.3 is 0 Å². The Kier molecular flexibility index (Phi) is 3.30. The molecule has 1 unspecified atom stereocenters. The lowest BCUT2D eigenvalue weighted by atomic mass is 10.1. The molecule has 1 N–H and O–H groups in total. The minimum Gasteiger partial charge on any atom is -0.391 e. The van der Waals surface area contributed by atoms with Crippen LogP contribution in [-0.2, 0) is 0 Å². The lowest BCUT2D eigenvalue weighted by molar-refractivity contribution is 0.154. The van der Waals surface area contributed by atoms with Crippen LogP contribution in [0.4, 0.5) is 5.82 Å². The molecule has 1 aromatic heterocycles. The third kappa shape index (κ3) is 2.28. The van der Waals surface area contributed by atoms with Gasteiger partial charge in [-0.1, -0.05) is 11.6 Å². The van der Waals surface area contributed by atoms with E-state index < -0.39 is 0 Å². The van der Waals surface area contributed by atoms with E-state index in [4.69, 9.17) is 11.6 Å².